The molecule has 2 aromatic rings. The van der Waals surface area contributed by atoms with Crippen LogP contribution in [0.4, 0.5) is 8.78 Å². The third-order valence-corrected chi connectivity index (χ3v) is 3.99. The third-order valence-electron chi connectivity index (χ3n) is 2.80. The van der Waals surface area contributed by atoms with Crippen LogP contribution in [-0.2, 0) is 13.6 Å². The van der Waals surface area contributed by atoms with Crippen LogP contribution in [0.2, 0.25) is 0 Å². The zero-order chi connectivity index (χ0) is 14.7. The molecule has 1 heterocycles. The number of hydrogen-bond acceptors (Lipinski definition) is 3. The number of aromatic nitrogens is 2. The van der Waals surface area contributed by atoms with Gasteiger partial charge in [-0.1, -0.05) is 18.7 Å². The molecule has 0 aliphatic carbocycles. The number of nitrogens with one attached hydrogen (secondary N) is 1. The summed E-state index contributed by atoms with van der Waals surface area (Å²) in [6.45, 7) is 5.01. The van der Waals surface area contributed by atoms with Crippen molar-refractivity contribution in [2.75, 3.05) is 6.54 Å². The molecule has 108 valence electrons. The zero-order valence-electron chi connectivity index (χ0n) is 11.7. The van der Waals surface area contributed by atoms with E-state index in [0.29, 0.717) is 17.1 Å². The first-order valence-corrected chi connectivity index (χ1v) is 7.20. The van der Waals surface area contributed by atoms with E-state index in [1.165, 1.54) is 12.1 Å². The minimum absolute atomic E-state index is 0.00764. The Morgan fingerprint density at radius 3 is 2.40 bits per heavy atom. The van der Waals surface area contributed by atoms with Crippen molar-refractivity contribution in [3.63, 3.8) is 0 Å². The molecule has 3 nitrogen and oxygen atoms in total. The topological polar surface area (TPSA) is 29.9 Å². The highest BCUT2D eigenvalue weighted by Gasteiger charge is 2.15. The Bertz CT molecular complexity index is 587. The first kappa shape index (κ1) is 15.0. The van der Waals surface area contributed by atoms with E-state index in [0.717, 1.165) is 24.0 Å². The molecule has 0 saturated heterocycles. The Hall–Kier alpha value is -1.40. The second-order valence-corrected chi connectivity index (χ2v) is 5.55. The summed E-state index contributed by atoms with van der Waals surface area (Å²) in [5.74, 6) is -1.08. The molecule has 0 aliphatic heterocycles. The van der Waals surface area contributed by atoms with Gasteiger partial charge >= 0.3 is 0 Å². The van der Waals surface area contributed by atoms with Crippen molar-refractivity contribution >= 4 is 11.8 Å². The van der Waals surface area contributed by atoms with E-state index in [4.69, 9.17) is 0 Å². The van der Waals surface area contributed by atoms with Gasteiger partial charge in [-0.25, -0.2) is 8.78 Å². The largest absolute Gasteiger partial charge is 0.313 e. The van der Waals surface area contributed by atoms with Crippen molar-refractivity contribution < 1.29 is 8.78 Å². The van der Waals surface area contributed by atoms with E-state index in [1.807, 2.05) is 13.8 Å². The zero-order valence-corrected chi connectivity index (χ0v) is 12.5. The molecule has 0 radical (unpaired) electrons. The van der Waals surface area contributed by atoms with Crippen LogP contribution < -0.4 is 5.32 Å². The lowest BCUT2D eigenvalue weighted by atomic mass is 10.2. The maximum absolute atomic E-state index is 14.0. The number of nitrogens with zero attached hydrogens (tertiary/aromatic N) is 2. The lowest BCUT2D eigenvalue weighted by Crippen LogP contribution is -2.12. The van der Waals surface area contributed by atoms with E-state index in [-0.39, 0.29) is 4.90 Å². The highest BCUT2D eigenvalue weighted by atomic mass is 32.2. The molecular formula is C14H17F2N3S. The highest BCUT2D eigenvalue weighted by Crippen LogP contribution is 2.32. The van der Waals surface area contributed by atoms with Crippen molar-refractivity contribution in [1.82, 2.24) is 15.1 Å². The maximum atomic E-state index is 14.0. The molecular weight excluding hydrogens is 280 g/mol. The standard InChI is InChI=1S/C14H17F2N3S/c1-4-17-8-10-6-11(15)14(12(16)7-10)20-13-5-9(2)18-19(13)3/h5-7,17H,4,8H2,1-3H3. The molecule has 0 bridgehead atoms. The summed E-state index contributed by atoms with van der Waals surface area (Å²) in [4.78, 5) is 0.00764. The maximum Gasteiger partial charge on any atom is 0.140 e. The lowest BCUT2D eigenvalue weighted by Gasteiger charge is -2.08. The number of benzene rings is 1. The molecule has 1 N–H and O–H groups in total. The SMILES string of the molecule is CCNCc1cc(F)c(Sc2cc(C)nn2C)c(F)c1. The summed E-state index contributed by atoms with van der Waals surface area (Å²) < 4.78 is 29.7. The molecule has 0 atom stereocenters. The Kier molecular flexibility index (Phi) is 4.77. The van der Waals surface area contributed by atoms with Gasteiger partial charge in [0.1, 0.15) is 11.6 Å². The van der Waals surface area contributed by atoms with Crippen LogP contribution in [0, 0.1) is 18.6 Å². The van der Waals surface area contributed by atoms with Gasteiger partial charge in [0.05, 0.1) is 15.6 Å². The van der Waals surface area contributed by atoms with Crippen LogP contribution in [0.5, 0.6) is 0 Å². The van der Waals surface area contributed by atoms with E-state index in [9.17, 15) is 8.78 Å². The van der Waals surface area contributed by atoms with Crippen molar-refractivity contribution in [3.8, 4) is 0 Å². The Labute approximate surface area is 121 Å². The van der Waals surface area contributed by atoms with Gasteiger partial charge in [0.25, 0.3) is 0 Å². The van der Waals surface area contributed by atoms with Gasteiger partial charge in [0.2, 0.25) is 0 Å². The normalized spacial score (nSPS) is 11.1. The minimum atomic E-state index is -0.540. The van der Waals surface area contributed by atoms with Crippen molar-refractivity contribution in [2.45, 2.75) is 30.3 Å². The van der Waals surface area contributed by atoms with Gasteiger partial charge in [0.15, 0.2) is 0 Å². The Morgan fingerprint density at radius 2 is 1.90 bits per heavy atom. The molecule has 0 unspecified atom stereocenters. The molecule has 2 rings (SSSR count). The van der Waals surface area contributed by atoms with Gasteiger partial charge in [-0.2, -0.15) is 5.10 Å². The molecule has 0 amide bonds. The van der Waals surface area contributed by atoms with Gasteiger partial charge in [-0.3, -0.25) is 4.68 Å². The fraction of sp³-hybridized carbons (Fsp3) is 0.357. The first-order chi connectivity index (χ1) is 9.51. The number of halogens is 2. The first-order valence-electron chi connectivity index (χ1n) is 6.38. The molecule has 0 fully saturated rings. The monoisotopic (exact) mass is 297 g/mol. The number of hydrogen-bond donors (Lipinski definition) is 1. The predicted octanol–water partition coefficient (Wildman–Crippen LogP) is 3.27. The van der Waals surface area contributed by atoms with E-state index in [2.05, 4.69) is 10.4 Å². The van der Waals surface area contributed by atoms with E-state index in [1.54, 1.807) is 17.8 Å². The van der Waals surface area contributed by atoms with Crippen molar-refractivity contribution in [3.05, 3.63) is 41.1 Å². The van der Waals surface area contributed by atoms with E-state index < -0.39 is 11.6 Å². The quantitative estimate of drug-likeness (QED) is 0.918. The van der Waals surface area contributed by atoms with Gasteiger partial charge in [0, 0.05) is 13.6 Å². The van der Waals surface area contributed by atoms with Crippen LogP contribution in [0.3, 0.4) is 0 Å². The average Bonchev–Trinajstić information content (AvgIpc) is 2.69. The second kappa shape index (κ2) is 6.37. The summed E-state index contributed by atoms with van der Waals surface area (Å²) in [5, 5.41) is 7.92. The average molecular weight is 297 g/mol. The van der Waals surface area contributed by atoms with Gasteiger partial charge in [-0.05, 0) is 37.2 Å². The molecule has 0 aliphatic rings. The molecule has 1 aromatic heterocycles. The Balaban J connectivity index is 2.26. The molecule has 0 spiro atoms. The minimum Gasteiger partial charge on any atom is -0.313 e. The second-order valence-electron chi connectivity index (χ2n) is 4.52. The summed E-state index contributed by atoms with van der Waals surface area (Å²) in [6.07, 6.45) is 0. The lowest BCUT2D eigenvalue weighted by molar-refractivity contribution is 0.534. The van der Waals surface area contributed by atoms with Crippen LogP contribution >= 0.6 is 11.8 Å². The predicted molar refractivity (Wildman–Crippen MR) is 75.8 cm³/mol. The molecule has 1 aromatic carbocycles. The van der Waals surface area contributed by atoms with Crippen LogP contribution in [0.1, 0.15) is 18.2 Å². The van der Waals surface area contributed by atoms with Crippen molar-refractivity contribution in [1.29, 1.82) is 0 Å². The number of rotatable bonds is 5. The molecule has 6 heteroatoms. The van der Waals surface area contributed by atoms with Crippen LogP contribution in [0.25, 0.3) is 0 Å². The highest BCUT2D eigenvalue weighted by molar-refractivity contribution is 7.99. The third kappa shape index (κ3) is 3.37. The van der Waals surface area contributed by atoms with Crippen LogP contribution in [-0.4, -0.2) is 16.3 Å². The van der Waals surface area contributed by atoms with Crippen molar-refractivity contribution in [2.24, 2.45) is 7.05 Å². The summed E-state index contributed by atoms with van der Waals surface area (Å²) in [5.41, 5.74) is 1.42. The van der Waals surface area contributed by atoms with Crippen LogP contribution in [0.15, 0.2) is 28.1 Å². The fourth-order valence-electron chi connectivity index (χ4n) is 1.87. The van der Waals surface area contributed by atoms with Gasteiger partial charge < -0.3 is 5.32 Å². The molecule has 20 heavy (non-hydrogen) atoms. The van der Waals surface area contributed by atoms with E-state index >= 15 is 0 Å². The smallest absolute Gasteiger partial charge is 0.140 e. The molecule has 0 saturated carbocycles. The summed E-state index contributed by atoms with van der Waals surface area (Å²) in [6, 6.07) is 4.55. The fourth-order valence-corrected chi connectivity index (χ4v) is 2.79. The summed E-state index contributed by atoms with van der Waals surface area (Å²) in [7, 11) is 1.75. The Morgan fingerprint density at radius 1 is 1.25 bits per heavy atom. The number of aryl methyl sites for hydroxylation is 2. The van der Waals surface area contributed by atoms with Gasteiger partial charge in [-0.15, -0.1) is 0 Å². The summed E-state index contributed by atoms with van der Waals surface area (Å²) >= 11 is 1.05.